The molecule has 2 atom stereocenters. The van der Waals surface area contributed by atoms with Gasteiger partial charge in [-0.25, -0.2) is 4.79 Å². The summed E-state index contributed by atoms with van der Waals surface area (Å²) in [6.07, 6.45) is 1.69. The molecule has 0 aromatic heterocycles. The zero-order chi connectivity index (χ0) is 12.7. The number of hydrogen-bond acceptors (Lipinski definition) is 3. The first-order valence-corrected chi connectivity index (χ1v) is 5.67. The summed E-state index contributed by atoms with van der Waals surface area (Å²) in [5.41, 5.74) is 5.66. The van der Waals surface area contributed by atoms with E-state index in [2.05, 4.69) is 5.32 Å². The van der Waals surface area contributed by atoms with Crippen LogP contribution in [0, 0.1) is 5.92 Å². The lowest BCUT2D eigenvalue weighted by atomic mass is 10.0. The highest BCUT2D eigenvalue weighted by Crippen LogP contribution is 2.04. The van der Waals surface area contributed by atoms with Crippen LogP contribution in [0.25, 0.3) is 0 Å². The Morgan fingerprint density at radius 2 is 1.94 bits per heavy atom. The van der Waals surface area contributed by atoms with Crippen LogP contribution in [0.15, 0.2) is 0 Å². The van der Waals surface area contributed by atoms with Crippen molar-refractivity contribution in [1.29, 1.82) is 0 Å². The second-order valence-corrected chi connectivity index (χ2v) is 4.42. The van der Waals surface area contributed by atoms with Gasteiger partial charge in [0.1, 0.15) is 6.04 Å². The quantitative estimate of drug-likeness (QED) is 0.601. The molecule has 1 amide bonds. The van der Waals surface area contributed by atoms with E-state index in [0.717, 1.165) is 0 Å². The van der Waals surface area contributed by atoms with E-state index in [1.807, 2.05) is 20.8 Å². The second kappa shape index (κ2) is 7.22. The summed E-state index contributed by atoms with van der Waals surface area (Å²) in [6, 6.07) is -1.45. The molecule has 16 heavy (non-hydrogen) atoms. The van der Waals surface area contributed by atoms with Gasteiger partial charge in [0.25, 0.3) is 0 Å². The van der Waals surface area contributed by atoms with Crippen LogP contribution in [0.5, 0.6) is 0 Å². The molecule has 0 heterocycles. The minimum absolute atomic E-state index is 0.315. The SMILES string of the molecule is CCC[C@H](NC(=O)[C@@H](N)CC(C)C)C(=O)O. The summed E-state index contributed by atoms with van der Waals surface area (Å²) in [4.78, 5) is 22.4. The summed E-state index contributed by atoms with van der Waals surface area (Å²) in [5, 5.41) is 11.3. The van der Waals surface area contributed by atoms with Crippen LogP contribution in [-0.4, -0.2) is 29.1 Å². The number of amides is 1. The van der Waals surface area contributed by atoms with Crippen LogP contribution >= 0.6 is 0 Å². The molecule has 0 fully saturated rings. The molecule has 5 nitrogen and oxygen atoms in total. The molecule has 0 aromatic carbocycles. The Hall–Kier alpha value is -1.10. The fraction of sp³-hybridized carbons (Fsp3) is 0.818. The van der Waals surface area contributed by atoms with E-state index >= 15 is 0 Å². The summed E-state index contributed by atoms with van der Waals surface area (Å²) in [6.45, 7) is 5.80. The number of carboxylic acid groups (broad SMARTS) is 1. The van der Waals surface area contributed by atoms with Crippen molar-refractivity contribution in [3.8, 4) is 0 Å². The Labute approximate surface area is 96.4 Å². The van der Waals surface area contributed by atoms with Gasteiger partial charge in [0.05, 0.1) is 6.04 Å². The first kappa shape index (κ1) is 14.9. The smallest absolute Gasteiger partial charge is 0.326 e. The topological polar surface area (TPSA) is 92.4 Å². The molecule has 0 rings (SSSR count). The van der Waals surface area contributed by atoms with Crippen molar-refractivity contribution in [2.24, 2.45) is 11.7 Å². The number of carboxylic acids is 1. The average Bonchev–Trinajstić information content (AvgIpc) is 2.15. The van der Waals surface area contributed by atoms with Gasteiger partial charge in [-0.15, -0.1) is 0 Å². The van der Waals surface area contributed by atoms with Crippen LogP contribution in [0.4, 0.5) is 0 Å². The van der Waals surface area contributed by atoms with Crippen molar-refractivity contribution in [2.75, 3.05) is 0 Å². The molecule has 5 heteroatoms. The van der Waals surface area contributed by atoms with Crippen molar-refractivity contribution in [3.63, 3.8) is 0 Å². The molecule has 0 bridgehead atoms. The zero-order valence-electron chi connectivity index (χ0n) is 10.2. The third-order valence-electron chi connectivity index (χ3n) is 2.25. The van der Waals surface area contributed by atoms with Gasteiger partial charge < -0.3 is 16.2 Å². The summed E-state index contributed by atoms with van der Waals surface area (Å²) >= 11 is 0. The van der Waals surface area contributed by atoms with E-state index in [4.69, 9.17) is 10.8 Å². The predicted molar refractivity (Wildman–Crippen MR) is 61.9 cm³/mol. The number of rotatable bonds is 7. The molecule has 4 N–H and O–H groups in total. The maximum absolute atomic E-state index is 11.6. The maximum atomic E-state index is 11.6. The lowest BCUT2D eigenvalue weighted by molar-refractivity contribution is -0.142. The van der Waals surface area contributed by atoms with E-state index in [1.54, 1.807) is 0 Å². The van der Waals surface area contributed by atoms with Crippen LogP contribution in [-0.2, 0) is 9.59 Å². The molecule has 0 aromatic rings. The van der Waals surface area contributed by atoms with Gasteiger partial charge in [0.15, 0.2) is 0 Å². The van der Waals surface area contributed by atoms with Crippen molar-refractivity contribution in [1.82, 2.24) is 5.32 Å². The normalized spacial score (nSPS) is 14.6. The Kier molecular flexibility index (Phi) is 6.72. The van der Waals surface area contributed by atoms with E-state index in [0.29, 0.717) is 25.2 Å². The number of hydrogen-bond donors (Lipinski definition) is 3. The molecule has 0 unspecified atom stereocenters. The van der Waals surface area contributed by atoms with Crippen molar-refractivity contribution >= 4 is 11.9 Å². The van der Waals surface area contributed by atoms with Gasteiger partial charge in [0.2, 0.25) is 5.91 Å². The molecule has 0 saturated carbocycles. The number of nitrogens with two attached hydrogens (primary N) is 1. The van der Waals surface area contributed by atoms with Gasteiger partial charge in [-0.2, -0.15) is 0 Å². The van der Waals surface area contributed by atoms with Crippen molar-refractivity contribution in [3.05, 3.63) is 0 Å². The van der Waals surface area contributed by atoms with Crippen LogP contribution in [0.3, 0.4) is 0 Å². The monoisotopic (exact) mass is 230 g/mol. The van der Waals surface area contributed by atoms with Crippen LogP contribution in [0.2, 0.25) is 0 Å². The minimum atomic E-state index is -1.01. The summed E-state index contributed by atoms with van der Waals surface area (Å²) < 4.78 is 0. The molecule has 0 aliphatic heterocycles. The molecular weight excluding hydrogens is 208 g/mol. The minimum Gasteiger partial charge on any atom is -0.480 e. The lowest BCUT2D eigenvalue weighted by Crippen LogP contribution is -2.48. The van der Waals surface area contributed by atoms with Gasteiger partial charge in [-0.05, 0) is 18.8 Å². The average molecular weight is 230 g/mol. The molecule has 0 radical (unpaired) electrons. The van der Waals surface area contributed by atoms with Gasteiger partial charge in [-0.3, -0.25) is 4.79 Å². The van der Waals surface area contributed by atoms with E-state index in [9.17, 15) is 9.59 Å². The Morgan fingerprint density at radius 1 is 1.38 bits per heavy atom. The third kappa shape index (κ3) is 5.70. The van der Waals surface area contributed by atoms with Crippen molar-refractivity contribution < 1.29 is 14.7 Å². The number of aliphatic carboxylic acids is 1. The van der Waals surface area contributed by atoms with E-state index in [-0.39, 0.29) is 5.91 Å². The molecule has 0 saturated heterocycles. The van der Waals surface area contributed by atoms with E-state index in [1.165, 1.54) is 0 Å². The first-order valence-electron chi connectivity index (χ1n) is 5.67. The Balaban J connectivity index is 4.23. The molecular formula is C11H22N2O3. The zero-order valence-corrected chi connectivity index (χ0v) is 10.2. The van der Waals surface area contributed by atoms with E-state index < -0.39 is 18.1 Å². The van der Waals surface area contributed by atoms with Gasteiger partial charge in [0, 0.05) is 0 Å². The van der Waals surface area contributed by atoms with Crippen molar-refractivity contribution in [2.45, 2.75) is 52.1 Å². The number of carbonyl (C=O) groups is 2. The number of nitrogens with one attached hydrogen (secondary N) is 1. The molecule has 0 aliphatic rings. The van der Waals surface area contributed by atoms with Crippen LogP contribution < -0.4 is 11.1 Å². The lowest BCUT2D eigenvalue weighted by Gasteiger charge is -2.18. The Morgan fingerprint density at radius 3 is 2.31 bits per heavy atom. The highest BCUT2D eigenvalue weighted by Gasteiger charge is 2.22. The first-order chi connectivity index (χ1) is 7.38. The Bertz CT molecular complexity index is 241. The summed E-state index contributed by atoms with van der Waals surface area (Å²) in [7, 11) is 0. The van der Waals surface area contributed by atoms with Crippen LogP contribution in [0.1, 0.15) is 40.0 Å². The third-order valence-corrected chi connectivity index (χ3v) is 2.25. The van der Waals surface area contributed by atoms with Gasteiger partial charge in [-0.1, -0.05) is 27.2 Å². The fourth-order valence-corrected chi connectivity index (χ4v) is 1.44. The molecule has 0 spiro atoms. The predicted octanol–water partition coefficient (Wildman–Crippen LogP) is 0.729. The summed E-state index contributed by atoms with van der Waals surface area (Å²) in [5.74, 6) is -1.07. The highest BCUT2D eigenvalue weighted by atomic mass is 16.4. The standard InChI is InChI=1S/C11H22N2O3/c1-4-5-9(11(15)16)13-10(14)8(12)6-7(2)3/h7-9H,4-6,12H2,1-3H3,(H,13,14)(H,15,16)/t8-,9-/m0/s1. The second-order valence-electron chi connectivity index (χ2n) is 4.42. The molecule has 94 valence electrons. The largest absolute Gasteiger partial charge is 0.480 e. The fourth-order valence-electron chi connectivity index (χ4n) is 1.44. The highest BCUT2D eigenvalue weighted by molar-refractivity contribution is 5.86. The van der Waals surface area contributed by atoms with Gasteiger partial charge >= 0.3 is 5.97 Å². The molecule has 0 aliphatic carbocycles. The maximum Gasteiger partial charge on any atom is 0.326 e. The number of carbonyl (C=O) groups excluding carboxylic acids is 1.